The minimum absolute atomic E-state index is 0.240. The summed E-state index contributed by atoms with van der Waals surface area (Å²) in [6, 6.07) is 18.9. The zero-order valence-corrected chi connectivity index (χ0v) is 13.6. The summed E-state index contributed by atoms with van der Waals surface area (Å²) in [7, 11) is 0. The Hall–Kier alpha value is -2.29. The monoisotopic (exact) mass is 341 g/mol. The smallest absolute Gasteiger partial charge is 0.248 e. The Labute approximate surface area is 144 Å². The molecule has 0 radical (unpaired) electrons. The Kier molecular flexibility index (Phi) is 4.65. The zero-order valence-electron chi connectivity index (χ0n) is 12.1. The third kappa shape index (κ3) is 3.92. The van der Waals surface area contributed by atoms with Gasteiger partial charge in [0.05, 0.1) is 0 Å². The van der Waals surface area contributed by atoms with Gasteiger partial charge in [0.25, 0.3) is 0 Å². The first-order chi connectivity index (χ1) is 11.1. The fourth-order valence-corrected chi connectivity index (χ4v) is 2.90. The number of carbonyl (C=O) groups is 1. The van der Waals surface area contributed by atoms with Gasteiger partial charge in [-0.3, -0.25) is 4.79 Å². The molecular weight excluding hydrogens is 329 g/mol. The van der Waals surface area contributed by atoms with E-state index in [9.17, 15) is 4.79 Å². The number of benzene rings is 3. The Morgan fingerprint density at radius 3 is 2.39 bits per heavy atom. The minimum Gasteiger partial charge on any atom is -0.322 e. The van der Waals surface area contributed by atoms with E-state index in [-0.39, 0.29) is 5.91 Å². The van der Waals surface area contributed by atoms with Crippen molar-refractivity contribution in [3.8, 4) is 0 Å². The van der Waals surface area contributed by atoms with Crippen LogP contribution in [0.25, 0.3) is 16.8 Å². The van der Waals surface area contributed by atoms with E-state index in [2.05, 4.69) is 5.32 Å². The second kappa shape index (κ2) is 6.86. The summed E-state index contributed by atoms with van der Waals surface area (Å²) >= 11 is 11.8. The highest BCUT2D eigenvalue weighted by atomic mass is 35.5. The number of fused-ring (bicyclic) bond motifs is 1. The van der Waals surface area contributed by atoms with E-state index in [1.807, 2.05) is 42.5 Å². The maximum Gasteiger partial charge on any atom is 0.248 e. The third-order valence-corrected chi connectivity index (χ3v) is 3.80. The van der Waals surface area contributed by atoms with Crippen molar-refractivity contribution in [2.24, 2.45) is 0 Å². The van der Waals surface area contributed by atoms with Gasteiger partial charge >= 0.3 is 0 Å². The first kappa shape index (κ1) is 15.6. The molecule has 0 saturated heterocycles. The highest BCUT2D eigenvalue weighted by Gasteiger charge is 2.02. The van der Waals surface area contributed by atoms with Gasteiger partial charge in [0.1, 0.15) is 0 Å². The molecule has 1 N–H and O–H groups in total. The van der Waals surface area contributed by atoms with Crippen molar-refractivity contribution < 1.29 is 4.79 Å². The quantitative estimate of drug-likeness (QED) is 0.599. The van der Waals surface area contributed by atoms with Crippen LogP contribution >= 0.6 is 23.2 Å². The fraction of sp³-hybridized carbons (Fsp3) is 0. The van der Waals surface area contributed by atoms with Crippen LogP contribution in [0.4, 0.5) is 5.69 Å². The molecule has 0 fully saturated rings. The van der Waals surface area contributed by atoms with Gasteiger partial charge in [-0.1, -0.05) is 65.7 Å². The summed E-state index contributed by atoms with van der Waals surface area (Å²) in [6.45, 7) is 0. The van der Waals surface area contributed by atoms with Crippen molar-refractivity contribution in [1.29, 1.82) is 0 Å². The van der Waals surface area contributed by atoms with E-state index in [0.717, 1.165) is 16.3 Å². The van der Waals surface area contributed by atoms with E-state index in [1.165, 1.54) is 6.08 Å². The van der Waals surface area contributed by atoms with Gasteiger partial charge in [0, 0.05) is 21.8 Å². The highest BCUT2D eigenvalue weighted by Crippen LogP contribution is 2.23. The van der Waals surface area contributed by atoms with E-state index in [4.69, 9.17) is 23.2 Å². The first-order valence-electron chi connectivity index (χ1n) is 7.05. The average Bonchev–Trinajstić information content (AvgIpc) is 2.52. The average molecular weight is 342 g/mol. The summed E-state index contributed by atoms with van der Waals surface area (Å²) in [5, 5.41) is 5.94. The molecule has 4 heteroatoms. The van der Waals surface area contributed by atoms with E-state index < -0.39 is 0 Å². The lowest BCUT2D eigenvalue weighted by atomic mass is 10.0. The van der Waals surface area contributed by atoms with Gasteiger partial charge in [-0.2, -0.15) is 0 Å². The van der Waals surface area contributed by atoms with Gasteiger partial charge in [0.2, 0.25) is 5.91 Å². The van der Waals surface area contributed by atoms with Crippen molar-refractivity contribution in [1.82, 2.24) is 0 Å². The molecule has 0 aromatic heterocycles. The Morgan fingerprint density at radius 2 is 1.61 bits per heavy atom. The number of hydrogen-bond donors (Lipinski definition) is 1. The molecule has 3 aromatic carbocycles. The molecular formula is C19H13Cl2NO. The van der Waals surface area contributed by atoms with Crippen LogP contribution in [0.1, 0.15) is 5.56 Å². The largest absolute Gasteiger partial charge is 0.322 e. The molecule has 0 bridgehead atoms. The Morgan fingerprint density at radius 1 is 0.913 bits per heavy atom. The maximum absolute atomic E-state index is 12.1. The molecule has 3 aromatic rings. The summed E-state index contributed by atoms with van der Waals surface area (Å²) in [6.07, 6.45) is 3.29. The van der Waals surface area contributed by atoms with Crippen LogP contribution in [-0.2, 0) is 4.79 Å². The number of hydrogen-bond acceptors (Lipinski definition) is 1. The summed E-state index contributed by atoms with van der Waals surface area (Å²) in [4.78, 5) is 12.1. The maximum atomic E-state index is 12.1. The Bertz CT molecular complexity index is 877. The van der Waals surface area contributed by atoms with Gasteiger partial charge in [0.15, 0.2) is 0 Å². The minimum atomic E-state index is -0.240. The van der Waals surface area contributed by atoms with Crippen molar-refractivity contribution in [3.05, 3.63) is 82.3 Å². The molecule has 0 aliphatic carbocycles. The predicted molar refractivity (Wildman–Crippen MR) is 98.1 cm³/mol. The van der Waals surface area contributed by atoms with Gasteiger partial charge in [-0.25, -0.2) is 0 Å². The molecule has 0 spiro atoms. The molecule has 1 amide bonds. The molecule has 114 valence electrons. The lowest BCUT2D eigenvalue weighted by molar-refractivity contribution is -0.111. The molecule has 0 aliphatic rings. The lowest BCUT2D eigenvalue weighted by Crippen LogP contribution is -2.07. The van der Waals surface area contributed by atoms with Crippen LogP contribution in [0.15, 0.2) is 66.7 Å². The second-order valence-electron chi connectivity index (χ2n) is 5.05. The number of halogens is 2. The summed E-state index contributed by atoms with van der Waals surface area (Å²) < 4.78 is 0. The molecule has 0 heterocycles. The SMILES string of the molecule is O=C(C=Cc1cccc2ccccc12)Nc1cc(Cl)cc(Cl)c1. The van der Waals surface area contributed by atoms with E-state index in [0.29, 0.717) is 15.7 Å². The molecule has 2 nitrogen and oxygen atoms in total. The standard InChI is InChI=1S/C19H13Cl2NO/c20-15-10-16(21)12-17(11-15)22-19(23)9-8-14-6-3-5-13-4-1-2-7-18(13)14/h1-12H,(H,22,23). The summed E-state index contributed by atoms with van der Waals surface area (Å²) in [5.41, 5.74) is 1.55. The van der Waals surface area contributed by atoms with Crippen LogP contribution in [0.5, 0.6) is 0 Å². The second-order valence-corrected chi connectivity index (χ2v) is 5.92. The van der Waals surface area contributed by atoms with E-state index in [1.54, 1.807) is 24.3 Å². The fourth-order valence-electron chi connectivity index (χ4n) is 2.37. The van der Waals surface area contributed by atoms with Crippen molar-refractivity contribution in [2.75, 3.05) is 5.32 Å². The first-order valence-corrected chi connectivity index (χ1v) is 7.80. The molecule has 0 saturated carbocycles. The topological polar surface area (TPSA) is 29.1 Å². The molecule has 0 unspecified atom stereocenters. The summed E-state index contributed by atoms with van der Waals surface area (Å²) in [5.74, 6) is -0.240. The lowest BCUT2D eigenvalue weighted by Gasteiger charge is -2.04. The molecule has 23 heavy (non-hydrogen) atoms. The van der Waals surface area contributed by atoms with Crippen LogP contribution in [-0.4, -0.2) is 5.91 Å². The number of anilines is 1. The molecule has 0 atom stereocenters. The van der Waals surface area contributed by atoms with E-state index >= 15 is 0 Å². The van der Waals surface area contributed by atoms with Crippen molar-refractivity contribution in [3.63, 3.8) is 0 Å². The van der Waals surface area contributed by atoms with Crippen LogP contribution in [0.2, 0.25) is 10.0 Å². The Balaban J connectivity index is 1.80. The van der Waals surface area contributed by atoms with Crippen molar-refractivity contribution in [2.45, 2.75) is 0 Å². The number of nitrogens with one attached hydrogen (secondary N) is 1. The number of carbonyl (C=O) groups excluding carboxylic acids is 1. The van der Waals surface area contributed by atoms with Crippen LogP contribution in [0.3, 0.4) is 0 Å². The predicted octanol–water partition coefficient (Wildman–Crippen LogP) is 5.80. The molecule has 0 aliphatic heterocycles. The van der Waals surface area contributed by atoms with Crippen molar-refractivity contribution >= 4 is 51.6 Å². The normalized spacial score (nSPS) is 11.0. The van der Waals surface area contributed by atoms with Gasteiger partial charge in [-0.05, 0) is 40.6 Å². The molecule has 3 rings (SSSR count). The van der Waals surface area contributed by atoms with Gasteiger partial charge < -0.3 is 5.32 Å². The zero-order chi connectivity index (χ0) is 16.2. The number of amides is 1. The number of rotatable bonds is 3. The van der Waals surface area contributed by atoms with Gasteiger partial charge in [-0.15, -0.1) is 0 Å². The van der Waals surface area contributed by atoms with Crippen LogP contribution in [0, 0.1) is 0 Å². The highest BCUT2D eigenvalue weighted by molar-refractivity contribution is 6.35. The third-order valence-electron chi connectivity index (χ3n) is 3.37. The van der Waals surface area contributed by atoms with Crippen LogP contribution < -0.4 is 5.32 Å².